The molecular weight excluding hydrogens is 200 g/mol. The van der Waals surface area contributed by atoms with Gasteiger partial charge in [0.25, 0.3) is 0 Å². The van der Waals surface area contributed by atoms with E-state index in [-0.39, 0.29) is 0 Å². The second-order valence-corrected chi connectivity index (χ2v) is 3.81. The summed E-state index contributed by atoms with van der Waals surface area (Å²) in [5.41, 5.74) is 1.30. The van der Waals surface area contributed by atoms with Gasteiger partial charge in [-0.2, -0.15) is 0 Å². The first kappa shape index (κ1) is 13.0. The van der Waals surface area contributed by atoms with Crippen LogP contribution in [-0.2, 0) is 11.2 Å². The van der Waals surface area contributed by atoms with Crippen LogP contribution in [0.3, 0.4) is 0 Å². The van der Waals surface area contributed by atoms with E-state index in [0.29, 0.717) is 0 Å². The first-order valence-corrected chi connectivity index (χ1v) is 5.85. The largest absolute Gasteiger partial charge is 0.494 e. The number of rotatable bonds is 8. The van der Waals surface area contributed by atoms with Gasteiger partial charge in [-0.15, -0.1) is 0 Å². The van der Waals surface area contributed by atoms with Crippen LogP contribution < -0.4 is 4.74 Å². The van der Waals surface area contributed by atoms with Crippen molar-refractivity contribution in [2.45, 2.75) is 26.2 Å². The normalized spacial score (nSPS) is 10.4. The van der Waals surface area contributed by atoms with Crippen molar-refractivity contribution in [3.63, 3.8) is 0 Å². The van der Waals surface area contributed by atoms with Crippen LogP contribution in [0.15, 0.2) is 24.3 Å². The summed E-state index contributed by atoms with van der Waals surface area (Å²) in [4.78, 5) is 0. The Hall–Kier alpha value is -1.02. The summed E-state index contributed by atoms with van der Waals surface area (Å²) in [6.07, 6.45) is 5.25. The predicted molar refractivity (Wildman–Crippen MR) is 66.7 cm³/mol. The molecule has 2 heteroatoms. The number of unbranched alkanes of at least 4 members (excludes halogenated alkanes) is 1. The zero-order valence-electron chi connectivity index (χ0n) is 10.2. The van der Waals surface area contributed by atoms with Crippen molar-refractivity contribution >= 4 is 0 Å². The molecule has 0 aromatic heterocycles. The number of hydrogen-bond acceptors (Lipinski definition) is 2. The molecule has 1 radical (unpaired) electrons. The first-order chi connectivity index (χ1) is 7.86. The third-order valence-corrected chi connectivity index (χ3v) is 2.35. The Kier molecular flexibility index (Phi) is 6.66. The number of hydrogen-bond donors (Lipinski definition) is 0. The molecule has 0 heterocycles. The molecule has 1 rings (SSSR count). The van der Waals surface area contributed by atoms with Gasteiger partial charge in [0.2, 0.25) is 0 Å². The highest BCUT2D eigenvalue weighted by Crippen LogP contribution is 2.14. The lowest BCUT2D eigenvalue weighted by Gasteiger charge is -2.07. The average molecular weight is 221 g/mol. The molecule has 0 saturated carbocycles. The van der Waals surface area contributed by atoms with E-state index in [9.17, 15) is 0 Å². The summed E-state index contributed by atoms with van der Waals surface area (Å²) in [7, 11) is 1.73. The molecule has 16 heavy (non-hydrogen) atoms. The van der Waals surface area contributed by atoms with Crippen LogP contribution in [0.5, 0.6) is 5.75 Å². The van der Waals surface area contributed by atoms with Gasteiger partial charge < -0.3 is 9.47 Å². The fraction of sp³-hybridized carbons (Fsp3) is 0.500. The van der Waals surface area contributed by atoms with Crippen molar-refractivity contribution in [2.75, 3.05) is 20.3 Å². The topological polar surface area (TPSA) is 18.5 Å². The fourth-order valence-corrected chi connectivity index (χ4v) is 1.54. The lowest BCUT2D eigenvalue weighted by Crippen LogP contribution is -1.99. The molecule has 2 nitrogen and oxygen atoms in total. The summed E-state index contributed by atoms with van der Waals surface area (Å²) in [5.74, 6) is 0.969. The molecule has 0 aliphatic carbocycles. The second-order valence-electron chi connectivity index (χ2n) is 3.81. The lowest BCUT2D eigenvalue weighted by molar-refractivity contribution is 0.184. The Morgan fingerprint density at radius 1 is 1.19 bits per heavy atom. The van der Waals surface area contributed by atoms with Gasteiger partial charge >= 0.3 is 0 Å². The molecule has 89 valence electrons. The van der Waals surface area contributed by atoms with Crippen molar-refractivity contribution in [2.24, 2.45) is 0 Å². The molecule has 0 unspecified atom stereocenters. The van der Waals surface area contributed by atoms with Gasteiger partial charge in [-0.1, -0.05) is 19.1 Å². The molecule has 0 aliphatic heterocycles. The molecule has 0 fully saturated rings. The SMILES string of the molecule is C[CH]Cc1cccc(OCCCCOC)c1. The fourth-order valence-electron chi connectivity index (χ4n) is 1.54. The van der Waals surface area contributed by atoms with E-state index < -0.39 is 0 Å². The molecular formula is C14H21O2. The Morgan fingerprint density at radius 2 is 2.00 bits per heavy atom. The van der Waals surface area contributed by atoms with Crippen LogP contribution in [0.25, 0.3) is 0 Å². The maximum atomic E-state index is 5.67. The van der Waals surface area contributed by atoms with E-state index >= 15 is 0 Å². The first-order valence-electron chi connectivity index (χ1n) is 5.85. The predicted octanol–water partition coefficient (Wildman–Crippen LogP) is 3.26. The second kappa shape index (κ2) is 8.17. The van der Waals surface area contributed by atoms with Gasteiger partial charge in [-0.3, -0.25) is 0 Å². The maximum Gasteiger partial charge on any atom is 0.119 e. The quantitative estimate of drug-likeness (QED) is 0.627. The van der Waals surface area contributed by atoms with Gasteiger partial charge in [-0.25, -0.2) is 0 Å². The Bertz CT molecular complexity index is 284. The van der Waals surface area contributed by atoms with Gasteiger partial charge in [0, 0.05) is 13.7 Å². The Labute approximate surface area is 98.6 Å². The summed E-state index contributed by atoms with van der Waals surface area (Å²) in [5, 5.41) is 0. The zero-order chi connectivity index (χ0) is 11.6. The molecule has 0 saturated heterocycles. The van der Waals surface area contributed by atoms with E-state index in [2.05, 4.69) is 25.5 Å². The lowest BCUT2D eigenvalue weighted by atomic mass is 10.1. The van der Waals surface area contributed by atoms with Gasteiger partial charge in [0.05, 0.1) is 6.61 Å². The van der Waals surface area contributed by atoms with Crippen LogP contribution in [-0.4, -0.2) is 20.3 Å². The molecule has 0 aliphatic rings. The Balaban J connectivity index is 2.27. The van der Waals surface area contributed by atoms with Crippen LogP contribution in [0.1, 0.15) is 25.3 Å². The molecule has 0 amide bonds. The van der Waals surface area contributed by atoms with Gasteiger partial charge in [0.15, 0.2) is 0 Å². The molecule has 1 aromatic rings. The zero-order valence-corrected chi connectivity index (χ0v) is 10.2. The van der Waals surface area contributed by atoms with E-state index in [0.717, 1.165) is 38.2 Å². The standard InChI is InChI=1S/C14H21O2/c1-3-7-13-8-6-9-14(12-13)16-11-5-4-10-15-2/h3,6,8-9,12H,4-5,7,10-11H2,1-2H3. The highest BCUT2D eigenvalue weighted by Gasteiger charge is 1.96. The summed E-state index contributed by atoms with van der Waals surface area (Å²) in [6.45, 7) is 3.65. The van der Waals surface area contributed by atoms with Crippen molar-refractivity contribution in [1.82, 2.24) is 0 Å². The molecule has 0 atom stereocenters. The van der Waals surface area contributed by atoms with Crippen molar-refractivity contribution in [3.05, 3.63) is 36.2 Å². The van der Waals surface area contributed by atoms with Gasteiger partial charge in [-0.05, 0) is 43.4 Å². The Morgan fingerprint density at radius 3 is 2.75 bits per heavy atom. The maximum absolute atomic E-state index is 5.67. The minimum Gasteiger partial charge on any atom is -0.494 e. The average Bonchev–Trinajstić information content (AvgIpc) is 2.30. The minimum absolute atomic E-state index is 0.767. The van der Waals surface area contributed by atoms with E-state index in [1.165, 1.54) is 5.56 Å². The number of methoxy groups -OCH3 is 1. The highest BCUT2D eigenvalue weighted by atomic mass is 16.5. The number of benzene rings is 1. The van der Waals surface area contributed by atoms with Crippen LogP contribution in [0, 0.1) is 6.42 Å². The third kappa shape index (κ3) is 5.17. The van der Waals surface area contributed by atoms with Gasteiger partial charge in [0.1, 0.15) is 5.75 Å². The van der Waals surface area contributed by atoms with Crippen LogP contribution in [0.2, 0.25) is 0 Å². The third-order valence-electron chi connectivity index (χ3n) is 2.35. The molecule has 0 spiro atoms. The van der Waals surface area contributed by atoms with Crippen molar-refractivity contribution in [3.8, 4) is 5.75 Å². The van der Waals surface area contributed by atoms with E-state index in [1.54, 1.807) is 7.11 Å². The summed E-state index contributed by atoms with van der Waals surface area (Å²) >= 11 is 0. The van der Waals surface area contributed by atoms with E-state index in [1.807, 2.05) is 12.1 Å². The van der Waals surface area contributed by atoms with Crippen molar-refractivity contribution < 1.29 is 9.47 Å². The smallest absolute Gasteiger partial charge is 0.119 e. The minimum atomic E-state index is 0.767. The monoisotopic (exact) mass is 221 g/mol. The molecule has 0 bridgehead atoms. The van der Waals surface area contributed by atoms with E-state index in [4.69, 9.17) is 9.47 Å². The molecule has 0 N–H and O–H groups in total. The van der Waals surface area contributed by atoms with Crippen LogP contribution >= 0.6 is 0 Å². The van der Waals surface area contributed by atoms with Crippen LogP contribution in [0.4, 0.5) is 0 Å². The summed E-state index contributed by atoms with van der Waals surface area (Å²) in [6, 6.07) is 8.28. The summed E-state index contributed by atoms with van der Waals surface area (Å²) < 4.78 is 10.7. The highest BCUT2D eigenvalue weighted by molar-refractivity contribution is 5.29. The number of ether oxygens (including phenoxy) is 2. The molecule has 1 aromatic carbocycles. The van der Waals surface area contributed by atoms with Crippen molar-refractivity contribution in [1.29, 1.82) is 0 Å².